The minimum absolute atomic E-state index is 0.0166. The van der Waals surface area contributed by atoms with Gasteiger partial charge in [-0.05, 0) is 0 Å². The average Bonchev–Trinajstić information content (AvgIpc) is 2.61. The molecule has 5 unspecified atom stereocenters. The van der Waals surface area contributed by atoms with Crippen molar-refractivity contribution in [1.29, 1.82) is 0 Å². The number of methoxy groups -OCH3 is 1. The van der Waals surface area contributed by atoms with E-state index in [0.29, 0.717) is 0 Å². The average molecular weight is 368 g/mol. The number of ether oxygens (including phenoxy) is 3. The van der Waals surface area contributed by atoms with E-state index in [9.17, 15) is 30.0 Å². The molecule has 0 amide bonds. The highest BCUT2D eigenvalue weighted by atomic mass is 16.7. The lowest BCUT2D eigenvalue weighted by Crippen LogP contribution is -2.61. The number of hydrogen-bond donors (Lipinski definition) is 4. The Balaban J connectivity index is 1.91. The van der Waals surface area contributed by atoms with Crippen LogP contribution in [0.1, 0.15) is 0 Å². The zero-order valence-electron chi connectivity index (χ0n) is 13.4. The van der Waals surface area contributed by atoms with Crippen LogP contribution in [0.25, 0.3) is 11.0 Å². The Morgan fingerprint density at radius 3 is 2.58 bits per heavy atom. The topological polar surface area (TPSA) is 156 Å². The van der Waals surface area contributed by atoms with Gasteiger partial charge >= 0.3 is 5.97 Å². The number of aliphatic hydroxyl groups is 3. The number of aromatic hydroxyl groups is 1. The molecule has 1 aromatic heterocycles. The number of rotatable bonds is 3. The summed E-state index contributed by atoms with van der Waals surface area (Å²) in [6, 6.07) is 3.48. The van der Waals surface area contributed by atoms with Gasteiger partial charge in [-0.2, -0.15) is 0 Å². The Labute approximate surface area is 145 Å². The maximum atomic E-state index is 11.7. The smallest absolute Gasteiger partial charge is 0.337 e. The highest BCUT2D eigenvalue weighted by Crippen LogP contribution is 2.31. The van der Waals surface area contributed by atoms with Crippen LogP contribution in [0, 0.1) is 0 Å². The Morgan fingerprint density at radius 1 is 1.15 bits per heavy atom. The first-order valence-corrected chi connectivity index (χ1v) is 7.52. The minimum atomic E-state index is -1.75. The molecule has 0 saturated carbocycles. The van der Waals surface area contributed by atoms with Gasteiger partial charge in [-0.3, -0.25) is 4.79 Å². The summed E-state index contributed by atoms with van der Waals surface area (Å²) in [5, 5.41) is 39.7. The molecule has 1 aliphatic heterocycles. The van der Waals surface area contributed by atoms with Gasteiger partial charge < -0.3 is 39.1 Å². The van der Waals surface area contributed by atoms with Crippen molar-refractivity contribution in [1.82, 2.24) is 0 Å². The molecule has 0 aliphatic carbocycles. The number of phenolic OH excluding ortho intramolecular Hbond substituents is 1. The summed E-state index contributed by atoms with van der Waals surface area (Å²) in [7, 11) is 1.06. The number of benzene rings is 1. The number of phenols is 1. The first-order valence-electron chi connectivity index (χ1n) is 7.52. The summed E-state index contributed by atoms with van der Waals surface area (Å²) in [5.74, 6) is -1.47. The van der Waals surface area contributed by atoms with Crippen LogP contribution in [0.3, 0.4) is 0 Å². The standard InChI is InChI=1S/C16H16O10/c1-23-15(22)14-12(20)11(19)13(21)16(26-14)25-6-4-8(18)10-7(17)2-3-24-9(10)5-6/h2-5,11-14,16,18-21H,1H3. The number of aliphatic hydroxyl groups excluding tert-OH is 3. The maximum absolute atomic E-state index is 11.7. The van der Waals surface area contributed by atoms with Gasteiger partial charge in [0.2, 0.25) is 6.29 Å². The highest BCUT2D eigenvalue weighted by Gasteiger charge is 2.48. The van der Waals surface area contributed by atoms with Crippen LogP contribution in [-0.2, 0) is 14.3 Å². The summed E-state index contributed by atoms with van der Waals surface area (Å²) in [6.45, 7) is 0. The Kier molecular flexibility index (Phi) is 4.83. The molecule has 1 aliphatic rings. The van der Waals surface area contributed by atoms with E-state index in [1.807, 2.05) is 0 Å². The van der Waals surface area contributed by atoms with Crippen molar-refractivity contribution in [3.05, 3.63) is 34.7 Å². The number of hydrogen-bond acceptors (Lipinski definition) is 10. The van der Waals surface area contributed by atoms with Crippen LogP contribution < -0.4 is 10.2 Å². The Hall–Kier alpha value is -2.66. The molecular formula is C16H16O10. The van der Waals surface area contributed by atoms with E-state index in [2.05, 4.69) is 4.74 Å². The molecule has 1 aromatic carbocycles. The molecule has 10 nitrogen and oxygen atoms in total. The number of carbonyl (C=O) groups is 1. The molecule has 3 rings (SSSR count). The summed E-state index contributed by atoms with van der Waals surface area (Å²) in [5.41, 5.74) is -0.448. The first-order chi connectivity index (χ1) is 12.3. The lowest BCUT2D eigenvalue weighted by atomic mass is 9.99. The quantitative estimate of drug-likeness (QED) is 0.488. The third kappa shape index (κ3) is 3.10. The van der Waals surface area contributed by atoms with Crippen molar-refractivity contribution in [3.63, 3.8) is 0 Å². The fraction of sp³-hybridized carbons (Fsp3) is 0.375. The fourth-order valence-corrected chi connectivity index (χ4v) is 2.63. The summed E-state index contributed by atoms with van der Waals surface area (Å²) in [4.78, 5) is 23.4. The van der Waals surface area contributed by atoms with Gasteiger partial charge in [0.25, 0.3) is 0 Å². The second-order valence-electron chi connectivity index (χ2n) is 5.64. The molecule has 4 N–H and O–H groups in total. The van der Waals surface area contributed by atoms with E-state index in [1.165, 1.54) is 6.07 Å². The van der Waals surface area contributed by atoms with Gasteiger partial charge in [0.05, 0.1) is 13.4 Å². The lowest BCUT2D eigenvalue weighted by molar-refractivity contribution is -0.271. The summed E-state index contributed by atoms with van der Waals surface area (Å²) >= 11 is 0. The van der Waals surface area contributed by atoms with Gasteiger partial charge in [0.15, 0.2) is 11.5 Å². The molecular weight excluding hydrogens is 352 g/mol. The molecule has 2 heterocycles. The third-order valence-electron chi connectivity index (χ3n) is 3.97. The van der Waals surface area contributed by atoms with E-state index in [4.69, 9.17) is 13.9 Å². The van der Waals surface area contributed by atoms with Crippen LogP contribution in [-0.4, -0.2) is 64.2 Å². The van der Waals surface area contributed by atoms with Crippen molar-refractivity contribution >= 4 is 16.9 Å². The second-order valence-corrected chi connectivity index (χ2v) is 5.64. The SMILES string of the molecule is COC(=O)C1OC(Oc2cc(O)c3c(=O)ccoc3c2)C(O)C(O)C1O. The normalized spacial score (nSPS) is 28.7. The summed E-state index contributed by atoms with van der Waals surface area (Å²) in [6.07, 6.45) is -7.19. The number of fused-ring (bicyclic) bond motifs is 1. The van der Waals surface area contributed by atoms with Crippen molar-refractivity contribution in [2.24, 2.45) is 0 Å². The molecule has 10 heteroatoms. The van der Waals surface area contributed by atoms with Crippen molar-refractivity contribution in [2.45, 2.75) is 30.7 Å². The minimum Gasteiger partial charge on any atom is -0.507 e. The fourth-order valence-electron chi connectivity index (χ4n) is 2.63. The molecule has 1 fully saturated rings. The van der Waals surface area contributed by atoms with E-state index in [-0.39, 0.29) is 16.7 Å². The lowest BCUT2D eigenvalue weighted by Gasteiger charge is -2.38. The van der Waals surface area contributed by atoms with Crippen molar-refractivity contribution < 1.29 is 43.8 Å². The highest BCUT2D eigenvalue weighted by molar-refractivity contribution is 5.84. The predicted molar refractivity (Wildman–Crippen MR) is 83.5 cm³/mol. The zero-order chi connectivity index (χ0) is 19.0. The van der Waals surface area contributed by atoms with Crippen LogP contribution in [0.15, 0.2) is 33.7 Å². The molecule has 5 atom stereocenters. The van der Waals surface area contributed by atoms with E-state index < -0.39 is 47.9 Å². The number of carbonyl (C=O) groups excluding carboxylic acids is 1. The molecule has 140 valence electrons. The largest absolute Gasteiger partial charge is 0.507 e. The van der Waals surface area contributed by atoms with Gasteiger partial charge in [-0.15, -0.1) is 0 Å². The molecule has 26 heavy (non-hydrogen) atoms. The third-order valence-corrected chi connectivity index (χ3v) is 3.97. The van der Waals surface area contributed by atoms with Gasteiger partial charge in [0.1, 0.15) is 40.8 Å². The van der Waals surface area contributed by atoms with Crippen LogP contribution in [0.5, 0.6) is 11.5 Å². The van der Waals surface area contributed by atoms with Gasteiger partial charge in [0, 0.05) is 18.2 Å². The van der Waals surface area contributed by atoms with E-state index in [0.717, 1.165) is 25.5 Å². The van der Waals surface area contributed by atoms with Crippen LogP contribution in [0.2, 0.25) is 0 Å². The second kappa shape index (κ2) is 6.92. The van der Waals surface area contributed by atoms with Crippen molar-refractivity contribution in [3.8, 4) is 11.5 Å². The van der Waals surface area contributed by atoms with Gasteiger partial charge in [-0.1, -0.05) is 0 Å². The van der Waals surface area contributed by atoms with E-state index >= 15 is 0 Å². The molecule has 0 bridgehead atoms. The maximum Gasteiger partial charge on any atom is 0.337 e. The monoisotopic (exact) mass is 368 g/mol. The number of esters is 1. The Morgan fingerprint density at radius 2 is 1.88 bits per heavy atom. The van der Waals surface area contributed by atoms with Crippen LogP contribution >= 0.6 is 0 Å². The predicted octanol–water partition coefficient (Wildman–Crippen LogP) is -1.14. The molecule has 2 aromatic rings. The first kappa shape index (κ1) is 18.1. The van der Waals surface area contributed by atoms with Crippen LogP contribution in [0.4, 0.5) is 0 Å². The summed E-state index contributed by atoms with van der Waals surface area (Å²) < 4.78 is 20.2. The van der Waals surface area contributed by atoms with Crippen molar-refractivity contribution in [2.75, 3.05) is 7.11 Å². The molecule has 0 radical (unpaired) electrons. The zero-order valence-corrected chi connectivity index (χ0v) is 13.4. The van der Waals surface area contributed by atoms with E-state index in [1.54, 1.807) is 0 Å². The van der Waals surface area contributed by atoms with Gasteiger partial charge in [-0.25, -0.2) is 4.79 Å². The molecule has 0 spiro atoms. The molecule has 1 saturated heterocycles. The Bertz CT molecular complexity index is 875.